The Morgan fingerprint density at radius 3 is 2.58 bits per heavy atom. The van der Waals surface area contributed by atoms with Gasteiger partial charge in [0.2, 0.25) is 5.91 Å². The number of carbonyl (C=O) groups excluding carboxylic acids is 1. The van der Waals surface area contributed by atoms with Gasteiger partial charge < -0.3 is 10.2 Å². The maximum Gasteiger partial charge on any atom is 0.230 e. The van der Waals surface area contributed by atoms with E-state index in [4.69, 9.17) is 0 Å². The average molecular weight is 260 g/mol. The first-order chi connectivity index (χ1) is 8.98. The van der Waals surface area contributed by atoms with E-state index in [0.29, 0.717) is 6.54 Å². The predicted octanol–water partition coefficient (Wildman–Crippen LogP) is 2.26. The van der Waals surface area contributed by atoms with Crippen molar-refractivity contribution in [1.82, 2.24) is 10.2 Å². The number of nitrogens with zero attached hydrogens (tertiary/aromatic N) is 1. The lowest BCUT2D eigenvalue weighted by Gasteiger charge is -2.24. The third kappa shape index (κ3) is 2.98. The molecule has 1 saturated carbocycles. The molecule has 0 aliphatic heterocycles. The number of amides is 1. The summed E-state index contributed by atoms with van der Waals surface area (Å²) >= 11 is 0. The Morgan fingerprint density at radius 2 is 2.05 bits per heavy atom. The molecule has 3 nitrogen and oxygen atoms in total. The molecule has 0 aromatic heterocycles. The van der Waals surface area contributed by atoms with Crippen LogP contribution in [0.25, 0.3) is 0 Å². The van der Waals surface area contributed by atoms with Crippen LogP contribution in [0.1, 0.15) is 29.5 Å². The van der Waals surface area contributed by atoms with Crippen molar-refractivity contribution in [3.05, 3.63) is 34.9 Å². The number of benzene rings is 1. The molecule has 0 heterocycles. The van der Waals surface area contributed by atoms with Crippen molar-refractivity contribution >= 4 is 5.91 Å². The number of hydrogen-bond acceptors (Lipinski definition) is 2. The molecule has 0 unspecified atom stereocenters. The summed E-state index contributed by atoms with van der Waals surface area (Å²) < 4.78 is 0. The summed E-state index contributed by atoms with van der Waals surface area (Å²) in [6.07, 6.45) is 2.04. The van der Waals surface area contributed by atoms with Crippen molar-refractivity contribution in [2.75, 3.05) is 20.6 Å². The summed E-state index contributed by atoms with van der Waals surface area (Å²) in [5.41, 5.74) is 3.64. The second-order valence-electron chi connectivity index (χ2n) is 5.90. The van der Waals surface area contributed by atoms with Gasteiger partial charge in [-0.3, -0.25) is 4.79 Å². The molecule has 3 heteroatoms. The molecular formula is C16H24N2O. The van der Waals surface area contributed by atoms with Crippen LogP contribution >= 0.6 is 0 Å². The van der Waals surface area contributed by atoms with Crippen molar-refractivity contribution in [2.24, 2.45) is 5.41 Å². The number of rotatable bonds is 5. The molecule has 2 rings (SSSR count). The Labute approximate surface area is 116 Å². The van der Waals surface area contributed by atoms with E-state index in [1.54, 1.807) is 0 Å². The van der Waals surface area contributed by atoms with E-state index in [1.807, 2.05) is 19.0 Å². The van der Waals surface area contributed by atoms with E-state index in [0.717, 1.165) is 19.4 Å². The molecule has 0 saturated heterocycles. The van der Waals surface area contributed by atoms with Crippen LogP contribution in [0.2, 0.25) is 0 Å². The Balaban J connectivity index is 2.05. The van der Waals surface area contributed by atoms with E-state index in [1.165, 1.54) is 16.7 Å². The zero-order chi connectivity index (χ0) is 14.0. The highest BCUT2D eigenvalue weighted by Gasteiger charge is 2.50. The molecule has 1 aliphatic carbocycles. The summed E-state index contributed by atoms with van der Waals surface area (Å²) in [5, 5.41) is 3.14. The highest BCUT2D eigenvalue weighted by atomic mass is 16.2. The molecule has 0 spiro atoms. The van der Waals surface area contributed by atoms with Gasteiger partial charge in [-0.1, -0.05) is 23.8 Å². The van der Waals surface area contributed by atoms with Gasteiger partial charge in [0.15, 0.2) is 0 Å². The third-order valence-electron chi connectivity index (χ3n) is 4.07. The number of nitrogens with one attached hydrogen (secondary N) is 1. The summed E-state index contributed by atoms with van der Waals surface area (Å²) in [6.45, 7) is 5.71. The van der Waals surface area contributed by atoms with E-state index in [-0.39, 0.29) is 11.3 Å². The van der Waals surface area contributed by atoms with Crippen LogP contribution in [0.15, 0.2) is 18.2 Å². The molecule has 1 aromatic rings. The molecule has 104 valence electrons. The molecule has 1 aliphatic rings. The van der Waals surface area contributed by atoms with Crippen LogP contribution < -0.4 is 5.32 Å². The molecule has 19 heavy (non-hydrogen) atoms. The molecular weight excluding hydrogens is 236 g/mol. The summed E-state index contributed by atoms with van der Waals surface area (Å²) in [5.74, 6) is 0.279. The van der Waals surface area contributed by atoms with Gasteiger partial charge in [-0.25, -0.2) is 0 Å². The second kappa shape index (κ2) is 5.33. The molecule has 0 radical (unpaired) electrons. The first-order valence-corrected chi connectivity index (χ1v) is 6.95. The lowest BCUT2D eigenvalue weighted by molar-refractivity contribution is -0.136. The van der Waals surface area contributed by atoms with Crippen LogP contribution in [0.3, 0.4) is 0 Å². The largest absolute Gasteiger partial charge is 0.341 e. The van der Waals surface area contributed by atoms with Gasteiger partial charge in [-0.15, -0.1) is 0 Å². The highest BCUT2D eigenvalue weighted by Crippen LogP contribution is 2.46. The lowest BCUT2D eigenvalue weighted by atomic mass is 10.0. The Kier molecular flexibility index (Phi) is 3.95. The van der Waals surface area contributed by atoms with E-state index < -0.39 is 0 Å². The van der Waals surface area contributed by atoms with Gasteiger partial charge in [-0.2, -0.15) is 0 Å². The third-order valence-corrected chi connectivity index (χ3v) is 4.07. The second-order valence-corrected chi connectivity index (χ2v) is 5.90. The molecule has 1 aromatic carbocycles. The van der Waals surface area contributed by atoms with Crippen molar-refractivity contribution in [1.29, 1.82) is 0 Å². The van der Waals surface area contributed by atoms with Gasteiger partial charge in [0.05, 0.1) is 5.41 Å². The molecule has 1 fully saturated rings. The van der Waals surface area contributed by atoms with Crippen LogP contribution in [0, 0.1) is 19.3 Å². The van der Waals surface area contributed by atoms with E-state index in [2.05, 4.69) is 37.4 Å². The van der Waals surface area contributed by atoms with Gasteiger partial charge >= 0.3 is 0 Å². The van der Waals surface area contributed by atoms with Crippen LogP contribution in [0.5, 0.6) is 0 Å². The quantitative estimate of drug-likeness (QED) is 0.881. The van der Waals surface area contributed by atoms with Crippen molar-refractivity contribution < 1.29 is 4.79 Å². The Morgan fingerprint density at radius 1 is 1.37 bits per heavy atom. The van der Waals surface area contributed by atoms with Crippen LogP contribution in [-0.2, 0) is 11.3 Å². The zero-order valence-corrected chi connectivity index (χ0v) is 12.4. The predicted molar refractivity (Wildman–Crippen MR) is 78.0 cm³/mol. The first kappa shape index (κ1) is 14.1. The minimum atomic E-state index is -0.123. The molecule has 1 amide bonds. The standard InChI is InChI=1S/C16H24N2O/c1-12-5-6-14(13(2)9-12)10-18(4)15(19)16(7-8-16)11-17-3/h5-6,9,17H,7-8,10-11H2,1-4H3. The lowest BCUT2D eigenvalue weighted by Crippen LogP contribution is -2.38. The maximum atomic E-state index is 12.5. The van der Waals surface area contributed by atoms with Crippen molar-refractivity contribution in [2.45, 2.75) is 33.2 Å². The van der Waals surface area contributed by atoms with Crippen molar-refractivity contribution in [3.63, 3.8) is 0 Å². The topological polar surface area (TPSA) is 32.3 Å². The minimum absolute atomic E-state index is 0.123. The zero-order valence-electron chi connectivity index (χ0n) is 12.4. The van der Waals surface area contributed by atoms with Crippen molar-refractivity contribution in [3.8, 4) is 0 Å². The summed E-state index contributed by atoms with van der Waals surface area (Å²) in [4.78, 5) is 14.4. The monoisotopic (exact) mass is 260 g/mol. The number of aryl methyl sites for hydroxylation is 2. The Hall–Kier alpha value is -1.35. The van der Waals surface area contributed by atoms with E-state index >= 15 is 0 Å². The van der Waals surface area contributed by atoms with Gasteiger partial charge in [0.25, 0.3) is 0 Å². The smallest absolute Gasteiger partial charge is 0.230 e. The Bertz CT molecular complexity index is 478. The molecule has 0 bridgehead atoms. The summed E-state index contributed by atoms with van der Waals surface area (Å²) in [7, 11) is 3.83. The van der Waals surface area contributed by atoms with Gasteiger partial charge in [0.1, 0.15) is 0 Å². The number of carbonyl (C=O) groups is 1. The normalized spacial score (nSPS) is 16.2. The fourth-order valence-electron chi connectivity index (χ4n) is 2.71. The van der Waals surface area contributed by atoms with Crippen LogP contribution in [0.4, 0.5) is 0 Å². The number of hydrogen-bond donors (Lipinski definition) is 1. The first-order valence-electron chi connectivity index (χ1n) is 6.95. The average Bonchev–Trinajstić information content (AvgIpc) is 3.13. The molecule has 1 N–H and O–H groups in total. The fraction of sp³-hybridized carbons (Fsp3) is 0.562. The molecule has 0 atom stereocenters. The van der Waals surface area contributed by atoms with E-state index in [9.17, 15) is 4.79 Å². The minimum Gasteiger partial charge on any atom is -0.341 e. The van der Waals surface area contributed by atoms with Gasteiger partial charge in [0, 0.05) is 20.1 Å². The fourth-order valence-corrected chi connectivity index (χ4v) is 2.71. The summed E-state index contributed by atoms with van der Waals surface area (Å²) in [6, 6.07) is 6.42. The van der Waals surface area contributed by atoms with Crippen LogP contribution in [-0.4, -0.2) is 31.4 Å². The SMILES string of the molecule is CNCC1(C(=O)N(C)Cc2ccc(C)cc2C)CC1. The maximum absolute atomic E-state index is 12.5. The highest BCUT2D eigenvalue weighted by molar-refractivity contribution is 5.85. The van der Waals surface area contributed by atoms with Gasteiger partial charge in [-0.05, 0) is 44.9 Å².